The Morgan fingerprint density at radius 2 is 1.88 bits per heavy atom. The van der Waals surface area contributed by atoms with Crippen LogP contribution in [0.4, 0.5) is 0 Å². The van der Waals surface area contributed by atoms with Crippen LogP contribution >= 0.6 is 11.3 Å². The van der Waals surface area contributed by atoms with E-state index < -0.39 is 0 Å². The van der Waals surface area contributed by atoms with Crippen molar-refractivity contribution >= 4 is 22.1 Å². The van der Waals surface area contributed by atoms with Gasteiger partial charge in [0.25, 0.3) is 0 Å². The van der Waals surface area contributed by atoms with Crippen LogP contribution in [0.1, 0.15) is 4.88 Å². The van der Waals surface area contributed by atoms with E-state index in [-0.39, 0.29) is 0 Å². The third kappa shape index (κ3) is 1.84. The first kappa shape index (κ1) is 10.4. The first-order valence-corrected chi connectivity index (χ1v) is 6.33. The van der Waals surface area contributed by atoms with Gasteiger partial charge in [0.1, 0.15) is 5.01 Å². The zero-order valence-corrected chi connectivity index (χ0v) is 10.1. The van der Waals surface area contributed by atoms with E-state index in [1.165, 1.54) is 16.3 Å². The Bertz CT molecular complexity index is 653. The second-order valence-electron chi connectivity index (χ2n) is 3.86. The van der Waals surface area contributed by atoms with E-state index in [9.17, 15) is 0 Å². The molecule has 0 spiro atoms. The van der Waals surface area contributed by atoms with Crippen molar-refractivity contribution in [2.75, 3.05) is 0 Å². The average molecular weight is 240 g/mol. The van der Waals surface area contributed by atoms with Gasteiger partial charge in [0.15, 0.2) is 0 Å². The normalized spacial score (nSPS) is 10.9. The van der Waals surface area contributed by atoms with Crippen molar-refractivity contribution in [3.8, 4) is 10.6 Å². The largest absolute Gasteiger partial charge is 0.326 e. The fourth-order valence-electron chi connectivity index (χ4n) is 1.94. The van der Waals surface area contributed by atoms with Crippen LogP contribution in [0.2, 0.25) is 0 Å². The summed E-state index contributed by atoms with van der Waals surface area (Å²) in [6.45, 7) is 0.558. The zero-order chi connectivity index (χ0) is 11.7. The van der Waals surface area contributed by atoms with Crippen LogP contribution in [0.25, 0.3) is 21.3 Å². The predicted molar refractivity (Wildman–Crippen MR) is 72.9 cm³/mol. The van der Waals surface area contributed by atoms with Crippen LogP contribution in [0.3, 0.4) is 0 Å². The third-order valence-corrected chi connectivity index (χ3v) is 3.83. The molecule has 0 radical (unpaired) electrons. The van der Waals surface area contributed by atoms with Gasteiger partial charge in [-0.25, -0.2) is 4.98 Å². The predicted octanol–water partition coefficient (Wildman–Crippen LogP) is 3.42. The van der Waals surface area contributed by atoms with Crippen molar-refractivity contribution in [1.82, 2.24) is 4.98 Å². The van der Waals surface area contributed by atoms with E-state index in [1.54, 1.807) is 11.3 Å². The summed E-state index contributed by atoms with van der Waals surface area (Å²) in [6, 6.07) is 14.7. The molecule has 2 nitrogen and oxygen atoms in total. The van der Waals surface area contributed by atoms with E-state index in [0.29, 0.717) is 6.54 Å². The highest BCUT2D eigenvalue weighted by Gasteiger charge is 2.07. The highest BCUT2D eigenvalue weighted by Crippen LogP contribution is 2.31. The van der Waals surface area contributed by atoms with Crippen LogP contribution < -0.4 is 5.73 Å². The summed E-state index contributed by atoms with van der Waals surface area (Å²) >= 11 is 1.66. The molecule has 3 rings (SSSR count). The van der Waals surface area contributed by atoms with Gasteiger partial charge in [-0.1, -0.05) is 42.5 Å². The van der Waals surface area contributed by atoms with Gasteiger partial charge in [-0.2, -0.15) is 0 Å². The minimum Gasteiger partial charge on any atom is -0.326 e. The molecule has 0 atom stereocenters. The van der Waals surface area contributed by atoms with Crippen molar-refractivity contribution in [2.45, 2.75) is 6.54 Å². The van der Waals surface area contributed by atoms with Crippen molar-refractivity contribution in [2.24, 2.45) is 5.73 Å². The standard InChI is InChI=1S/C14H12N2S/c15-8-11-9-16-14(17-11)13-7-3-5-10-4-1-2-6-12(10)13/h1-7,9H,8,15H2. The smallest absolute Gasteiger partial charge is 0.124 e. The summed E-state index contributed by atoms with van der Waals surface area (Å²) in [7, 11) is 0. The SMILES string of the molecule is NCc1cnc(-c2cccc3ccccc23)s1. The van der Waals surface area contributed by atoms with Gasteiger partial charge in [-0.3, -0.25) is 0 Å². The molecule has 0 aliphatic heterocycles. The lowest BCUT2D eigenvalue weighted by atomic mass is 10.1. The number of thiazole rings is 1. The highest BCUT2D eigenvalue weighted by molar-refractivity contribution is 7.15. The number of nitrogens with zero attached hydrogens (tertiary/aromatic N) is 1. The Morgan fingerprint density at radius 1 is 1.06 bits per heavy atom. The van der Waals surface area contributed by atoms with Crippen LogP contribution in [-0.4, -0.2) is 4.98 Å². The minimum atomic E-state index is 0.558. The van der Waals surface area contributed by atoms with Gasteiger partial charge in [0.2, 0.25) is 0 Å². The van der Waals surface area contributed by atoms with Gasteiger partial charge in [-0.15, -0.1) is 11.3 Å². The summed E-state index contributed by atoms with van der Waals surface area (Å²) in [4.78, 5) is 5.56. The molecule has 84 valence electrons. The van der Waals surface area contributed by atoms with Crippen LogP contribution in [0, 0.1) is 0 Å². The molecule has 3 heteroatoms. The van der Waals surface area contributed by atoms with Crippen LogP contribution in [0.15, 0.2) is 48.7 Å². The van der Waals surface area contributed by atoms with Gasteiger partial charge in [0, 0.05) is 23.2 Å². The molecule has 0 aliphatic rings. The van der Waals surface area contributed by atoms with Gasteiger partial charge in [-0.05, 0) is 10.8 Å². The highest BCUT2D eigenvalue weighted by atomic mass is 32.1. The Hall–Kier alpha value is -1.71. The maximum atomic E-state index is 5.62. The fourth-order valence-corrected chi connectivity index (χ4v) is 2.77. The maximum absolute atomic E-state index is 5.62. The van der Waals surface area contributed by atoms with Crippen LogP contribution in [0.5, 0.6) is 0 Å². The number of fused-ring (bicyclic) bond motifs is 1. The van der Waals surface area contributed by atoms with Crippen molar-refractivity contribution in [1.29, 1.82) is 0 Å². The molecule has 2 N–H and O–H groups in total. The summed E-state index contributed by atoms with van der Waals surface area (Å²) < 4.78 is 0. The quantitative estimate of drug-likeness (QED) is 0.745. The molecule has 0 unspecified atom stereocenters. The molecular weight excluding hydrogens is 228 g/mol. The van der Waals surface area contributed by atoms with E-state index in [1.807, 2.05) is 6.20 Å². The molecule has 1 aromatic heterocycles. The van der Waals surface area contributed by atoms with Gasteiger partial charge < -0.3 is 5.73 Å². The molecule has 0 fully saturated rings. The Kier molecular flexibility index (Phi) is 2.63. The first-order valence-electron chi connectivity index (χ1n) is 5.51. The average Bonchev–Trinajstić information content (AvgIpc) is 2.87. The van der Waals surface area contributed by atoms with Crippen molar-refractivity contribution < 1.29 is 0 Å². The summed E-state index contributed by atoms with van der Waals surface area (Å²) in [5, 5.41) is 3.53. The second-order valence-corrected chi connectivity index (χ2v) is 4.98. The Morgan fingerprint density at radius 3 is 2.71 bits per heavy atom. The van der Waals surface area contributed by atoms with Gasteiger partial charge >= 0.3 is 0 Å². The monoisotopic (exact) mass is 240 g/mol. The molecule has 17 heavy (non-hydrogen) atoms. The summed E-state index contributed by atoms with van der Waals surface area (Å²) in [5.41, 5.74) is 6.81. The summed E-state index contributed by atoms with van der Waals surface area (Å²) in [6.07, 6.45) is 1.86. The fraction of sp³-hybridized carbons (Fsp3) is 0.0714. The van der Waals surface area contributed by atoms with Crippen molar-refractivity contribution in [3.05, 3.63) is 53.5 Å². The molecule has 1 heterocycles. The summed E-state index contributed by atoms with van der Waals surface area (Å²) in [5.74, 6) is 0. The third-order valence-electron chi connectivity index (χ3n) is 2.77. The lowest BCUT2D eigenvalue weighted by Crippen LogP contribution is -1.91. The number of aromatic nitrogens is 1. The minimum absolute atomic E-state index is 0.558. The molecule has 0 amide bonds. The van der Waals surface area contributed by atoms with Crippen LogP contribution in [-0.2, 0) is 6.54 Å². The van der Waals surface area contributed by atoms with Gasteiger partial charge in [0.05, 0.1) is 0 Å². The number of rotatable bonds is 2. The lowest BCUT2D eigenvalue weighted by molar-refractivity contribution is 1.10. The lowest BCUT2D eigenvalue weighted by Gasteiger charge is -2.02. The number of benzene rings is 2. The molecule has 0 aliphatic carbocycles. The Balaban J connectivity index is 2.23. The number of hydrogen-bond donors (Lipinski definition) is 1. The van der Waals surface area contributed by atoms with Crippen molar-refractivity contribution in [3.63, 3.8) is 0 Å². The molecule has 0 saturated heterocycles. The van der Waals surface area contributed by atoms with E-state index >= 15 is 0 Å². The number of nitrogens with two attached hydrogens (primary N) is 1. The number of hydrogen-bond acceptors (Lipinski definition) is 3. The maximum Gasteiger partial charge on any atom is 0.124 e. The van der Waals surface area contributed by atoms with E-state index in [4.69, 9.17) is 5.73 Å². The second kappa shape index (κ2) is 4.28. The zero-order valence-electron chi connectivity index (χ0n) is 9.26. The Labute approximate surface area is 104 Å². The molecular formula is C14H12N2S. The van der Waals surface area contributed by atoms with E-state index in [2.05, 4.69) is 47.4 Å². The first-order chi connectivity index (χ1) is 8.38. The molecule has 3 aromatic rings. The molecule has 2 aromatic carbocycles. The topological polar surface area (TPSA) is 38.9 Å². The van der Waals surface area contributed by atoms with E-state index in [0.717, 1.165) is 9.88 Å². The molecule has 0 bridgehead atoms. The molecule has 0 saturated carbocycles.